The Kier molecular flexibility index (Phi) is 3.45. The maximum Gasteiger partial charge on any atom is 0.270 e. The summed E-state index contributed by atoms with van der Waals surface area (Å²) in [6, 6.07) is 5.57. The summed E-state index contributed by atoms with van der Waals surface area (Å²) < 4.78 is 4.06. The molecular formula is C16H18N6O. The summed E-state index contributed by atoms with van der Waals surface area (Å²) in [7, 11) is 0. The van der Waals surface area contributed by atoms with Gasteiger partial charge >= 0.3 is 0 Å². The molecule has 1 unspecified atom stereocenters. The summed E-state index contributed by atoms with van der Waals surface area (Å²) in [6.45, 7) is 2.82. The molecule has 0 saturated heterocycles. The van der Waals surface area contributed by atoms with Gasteiger partial charge in [-0.1, -0.05) is 0 Å². The molecule has 0 radical (unpaired) electrons. The minimum Gasteiger partial charge on any atom is -0.357 e. The Morgan fingerprint density at radius 2 is 2.22 bits per heavy atom. The molecule has 0 spiro atoms. The van der Waals surface area contributed by atoms with E-state index in [9.17, 15) is 4.79 Å². The van der Waals surface area contributed by atoms with Crippen LogP contribution in [0.2, 0.25) is 0 Å². The molecule has 4 heterocycles. The fraction of sp³-hybridized carbons (Fsp3) is 0.312. The number of hydrogen-bond donors (Lipinski definition) is 1. The highest BCUT2D eigenvalue weighted by atomic mass is 16.2. The van der Waals surface area contributed by atoms with Crippen molar-refractivity contribution in [1.29, 1.82) is 0 Å². The summed E-state index contributed by atoms with van der Waals surface area (Å²) in [5.74, 6) is 1.22. The third-order valence-electron chi connectivity index (χ3n) is 4.19. The van der Waals surface area contributed by atoms with Crippen LogP contribution in [-0.4, -0.2) is 41.7 Å². The second-order valence-electron chi connectivity index (χ2n) is 5.86. The molecule has 1 aliphatic rings. The van der Waals surface area contributed by atoms with E-state index in [4.69, 9.17) is 0 Å². The van der Waals surface area contributed by atoms with E-state index < -0.39 is 0 Å². The van der Waals surface area contributed by atoms with Crippen LogP contribution in [0.3, 0.4) is 0 Å². The molecule has 0 saturated carbocycles. The Labute approximate surface area is 133 Å². The Morgan fingerprint density at radius 3 is 3.00 bits per heavy atom. The predicted molar refractivity (Wildman–Crippen MR) is 83.5 cm³/mol. The van der Waals surface area contributed by atoms with Crippen LogP contribution in [0.5, 0.6) is 0 Å². The number of rotatable bonds is 3. The first-order valence-corrected chi connectivity index (χ1v) is 7.69. The van der Waals surface area contributed by atoms with Crippen LogP contribution in [0.1, 0.15) is 16.3 Å². The third kappa shape index (κ3) is 2.77. The zero-order chi connectivity index (χ0) is 15.6. The molecule has 4 rings (SSSR count). The van der Waals surface area contributed by atoms with E-state index >= 15 is 0 Å². The Balaban J connectivity index is 1.60. The smallest absolute Gasteiger partial charge is 0.270 e. The summed E-state index contributed by atoms with van der Waals surface area (Å²) in [5, 5.41) is 4.29. The SMILES string of the molecule is O=C(c1ccc[nH]1)N1Cc2nccn2CC(Cn2cccn2)C1. The van der Waals surface area contributed by atoms with Gasteiger partial charge in [-0.3, -0.25) is 9.48 Å². The van der Waals surface area contributed by atoms with Crippen LogP contribution in [-0.2, 0) is 19.6 Å². The van der Waals surface area contributed by atoms with Crippen LogP contribution >= 0.6 is 0 Å². The first kappa shape index (κ1) is 13.8. The molecule has 1 amide bonds. The molecule has 0 aromatic carbocycles. The fourth-order valence-corrected chi connectivity index (χ4v) is 3.12. The highest BCUT2D eigenvalue weighted by Crippen LogP contribution is 2.18. The van der Waals surface area contributed by atoms with Gasteiger partial charge in [-0.2, -0.15) is 5.10 Å². The zero-order valence-corrected chi connectivity index (χ0v) is 12.7. The van der Waals surface area contributed by atoms with Crippen LogP contribution in [0, 0.1) is 5.92 Å². The van der Waals surface area contributed by atoms with Crippen molar-refractivity contribution in [2.75, 3.05) is 6.54 Å². The van der Waals surface area contributed by atoms with E-state index in [1.54, 1.807) is 18.6 Å². The van der Waals surface area contributed by atoms with Crippen molar-refractivity contribution in [3.8, 4) is 0 Å². The Bertz CT molecular complexity index is 773. The minimum absolute atomic E-state index is 0.0110. The van der Waals surface area contributed by atoms with E-state index in [1.165, 1.54) is 0 Å². The number of aromatic amines is 1. The van der Waals surface area contributed by atoms with Gasteiger partial charge in [0.1, 0.15) is 11.5 Å². The highest BCUT2D eigenvalue weighted by molar-refractivity contribution is 5.92. The lowest BCUT2D eigenvalue weighted by Crippen LogP contribution is -2.35. The molecule has 1 aliphatic heterocycles. The number of carbonyl (C=O) groups is 1. The zero-order valence-electron chi connectivity index (χ0n) is 12.7. The predicted octanol–water partition coefficient (Wildman–Crippen LogP) is 1.38. The number of hydrogen-bond acceptors (Lipinski definition) is 3. The lowest BCUT2D eigenvalue weighted by molar-refractivity contribution is 0.0707. The van der Waals surface area contributed by atoms with Gasteiger partial charge in [0.2, 0.25) is 0 Å². The number of amides is 1. The summed E-state index contributed by atoms with van der Waals surface area (Å²) in [4.78, 5) is 22.0. The molecule has 0 aliphatic carbocycles. The molecule has 0 bridgehead atoms. The minimum atomic E-state index is 0.0110. The van der Waals surface area contributed by atoms with Crippen molar-refractivity contribution in [2.45, 2.75) is 19.6 Å². The number of H-pyrrole nitrogens is 1. The van der Waals surface area contributed by atoms with Gasteiger partial charge in [-0.25, -0.2) is 4.98 Å². The molecule has 0 fully saturated rings. The van der Waals surface area contributed by atoms with Gasteiger partial charge in [0.05, 0.1) is 6.54 Å². The molecule has 7 heteroatoms. The lowest BCUT2D eigenvalue weighted by Gasteiger charge is -2.23. The van der Waals surface area contributed by atoms with Crippen LogP contribution in [0.15, 0.2) is 49.2 Å². The van der Waals surface area contributed by atoms with Crippen molar-refractivity contribution >= 4 is 5.91 Å². The average Bonchev–Trinajstić information content (AvgIpc) is 3.28. The van der Waals surface area contributed by atoms with E-state index in [2.05, 4.69) is 19.6 Å². The molecule has 1 N–H and O–H groups in total. The van der Waals surface area contributed by atoms with Crippen molar-refractivity contribution in [1.82, 2.24) is 29.2 Å². The maximum absolute atomic E-state index is 12.7. The van der Waals surface area contributed by atoms with Gasteiger partial charge in [-0.05, 0) is 18.2 Å². The van der Waals surface area contributed by atoms with E-state index in [1.807, 2.05) is 40.2 Å². The second kappa shape index (κ2) is 5.75. The summed E-state index contributed by atoms with van der Waals surface area (Å²) >= 11 is 0. The molecule has 7 nitrogen and oxygen atoms in total. The van der Waals surface area contributed by atoms with Gasteiger partial charge < -0.3 is 14.5 Å². The largest absolute Gasteiger partial charge is 0.357 e. The number of imidazole rings is 1. The van der Waals surface area contributed by atoms with Crippen LogP contribution in [0.4, 0.5) is 0 Å². The topological polar surface area (TPSA) is 71.7 Å². The molecule has 3 aromatic rings. The van der Waals surface area contributed by atoms with Crippen molar-refractivity contribution in [3.63, 3.8) is 0 Å². The highest BCUT2D eigenvalue weighted by Gasteiger charge is 2.27. The molecular weight excluding hydrogens is 292 g/mol. The van der Waals surface area contributed by atoms with E-state index in [0.29, 0.717) is 18.8 Å². The quantitative estimate of drug-likeness (QED) is 0.794. The van der Waals surface area contributed by atoms with Crippen molar-refractivity contribution in [3.05, 3.63) is 60.7 Å². The maximum atomic E-state index is 12.7. The van der Waals surface area contributed by atoms with Crippen LogP contribution in [0.25, 0.3) is 0 Å². The van der Waals surface area contributed by atoms with Gasteiger partial charge in [0.15, 0.2) is 0 Å². The van der Waals surface area contributed by atoms with E-state index in [0.717, 1.165) is 18.9 Å². The number of aromatic nitrogens is 5. The van der Waals surface area contributed by atoms with Crippen molar-refractivity contribution < 1.29 is 4.79 Å². The molecule has 1 atom stereocenters. The Morgan fingerprint density at radius 1 is 1.26 bits per heavy atom. The third-order valence-corrected chi connectivity index (χ3v) is 4.19. The van der Waals surface area contributed by atoms with Crippen LogP contribution < -0.4 is 0 Å². The average molecular weight is 310 g/mol. The monoisotopic (exact) mass is 310 g/mol. The Hall–Kier alpha value is -2.83. The molecule has 23 heavy (non-hydrogen) atoms. The lowest BCUT2D eigenvalue weighted by atomic mass is 10.1. The van der Waals surface area contributed by atoms with E-state index in [-0.39, 0.29) is 11.8 Å². The first-order valence-electron chi connectivity index (χ1n) is 7.69. The fourth-order valence-electron chi connectivity index (χ4n) is 3.12. The number of carbonyl (C=O) groups excluding carboxylic acids is 1. The second-order valence-corrected chi connectivity index (χ2v) is 5.86. The summed E-state index contributed by atoms with van der Waals surface area (Å²) in [6.07, 6.45) is 9.28. The summed E-state index contributed by atoms with van der Waals surface area (Å²) in [5.41, 5.74) is 0.614. The van der Waals surface area contributed by atoms with Gasteiger partial charge in [-0.15, -0.1) is 0 Å². The number of fused-ring (bicyclic) bond motifs is 1. The van der Waals surface area contributed by atoms with Crippen molar-refractivity contribution in [2.24, 2.45) is 5.92 Å². The molecule has 118 valence electrons. The number of nitrogens with one attached hydrogen (secondary N) is 1. The van der Waals surface area contributed by atoms with Gasteiger partial charge in [0.25, 0.3) is 5.91 Å². The molecule has 3 aromatic heterocycles. The van der Waals surface area contributed by atoms with Gasteiger partial charge in [0, 0.05) is 56.5 Å². The number of nitrogens with zero attached hydrogens (tertiary/aromatic N) is 5. The standard InChI is InChI=1S/C16H18N6O/c23-16(14-3-1-4-17-14)21-10-13(11-22-7-2-5-19-22)9-20-8-6-18-15(20)12-21/h1-8,13,17H,9-12H2. The first-order chi connectivity index (χ1) is 11.3. The normalized spacial score (nSPS) is 17.7.